The van der Waals surface area contributed by atoms with Crippen LogP contribution in [0.5, 0.6) is 0 Å². The number of fused-ring (bicyclic) bond motifs is 5. The average molecular weight is 414 g/mol. The van der Waals surface area contributed by atoms with Crippen molar-refractivity contribution >= 4 is 29.5 Å². The number of ether oxygens (including phenoxy) is 1. The number of benzene rings is 2. The van der Waals surface area contributed by atoms with Gasteiger partial charge in [-0.25, -0.2) is 9.69 Å². The third kappa shape index (κ3) is 2.72. The zero-order valence-corrected chi connectivity index (χ0v) is 16.8. The molecule has 7 heteroatoms. The molecule has 2 amide bonds. The lowest BCUT2D eigenvalue weighted by Crippen LogP contribution is -3.10. The number of imide groups is 1. The summed E-state index contributed by atoms with van der Waals surface area (Å²) in [6.45, 7) is 1.99. The van der Waals surface area contributed by atoms with Crippen LogP contribution < -0.4 is 9.80 Å². The number of carbonyl (C=O) groups is 3. The van der Waals surface area contributed by atoms with Crippen LogP contribution in [0.25, 0.3) is 6.08 Å². The molecule has 0 saturated carbocycles. The lowest BCUT2D eigenvalue weighted by Gasteiger charge is -2.28. The number of rotatable bonds is 3. The zero-order valence-electron chi connectivity index (χ0n) is 16.8. The van der Waals surface area contributed by atoms with Crippen molar-refractivity contribution in [3.8, 4) is 6.07 Å². The van der Waals surface area contributed by atoms with E-state index in [2.05, 4.69) is 6.07 Å². The molecule has 7 nitrogen and oxygen atoms in total. The lowest BCUT2D eigenvalue weighted by molar-refractivity contribution is -0.885. The standard InChI is InChI=1S/C24H19N3O4/c1-2-31-24(30)15-7-9-16(10-8-15)27-22(28)19-18(13-25)26-12-11-14-5-3-4-6-17(14)21(26)20(19)23(27)29/h3-12,18-21H,2H2,1H3/p+1/t18-,19+,20+,21-/m1/s1. The average Bonchev–Trinajstić information content (AvgIpc) is 3.26. The fourth-order valence-electron chi connectivity index (χ4n) is 5.10. The Morgan fingerprint density at radius 1 is 1.10 bits per heavy atom. The highest BCUT2D eigenvalue weighted by atomic mass is 16.5. The number of hydrogen-bond donors (Lipinski definition) is 1. The van der Waals surface area contributed by atoms with Gasteiger partial charge in [0.2, 0.25) is 11.8 Å². The SMILES string of the molecule is CCOC(=O)c1ccc(N2C(=O)[C@@H]3[C@H](C2=O)[C@H]2c4ccccc4C=C[NH+]2[C@@H]3C#N)cc1. The van der Waals surface area contributed by atoms with Crippen LogP contribution in [0.3, 0.4) is 0 Å². The zero-order chi connectivity index (χ0) is 21.7. The van der Waals surface area contributed by atoms with E-state index in [0.717, 1.165) is 16.0 Å². The number of quaternary nitrogens is 1. The highest BCUT2D eigenvalue weighted by Gasteiger charge is 2.66. The monoisotopic (exact) mass is 414 g/mol. The molecule has 2 fully saturated rings. The molecule has 0 bridgehead atoms. The van der Waals surface area contributed by atoms with Crippen LogP contribution in [0.15, 0.2) is 54.7 Å². The Kier molecular flexibility index (Phi) is 4.45. The Morgan fingerprint density at radius 3 is 2.52 bits per heavy atom. The largest absolute Gasteiger partial charge is 0.462 e. The number of amides is 2. The summed E-state index contributed by atoms with van der Waals surface area (Å²) in [5.74, 6) is -2.44. The van der Waals surface area contributed by atoms with Crippen molar-refractivity contribution in [2.24, 2.45) is 11.8 Å². The summed E-state index contributed by atoms with van der Waals surface area (Å²) in [6.07, 6.45) is 3.85. The third-order valence-electron chi connectivity index (χ3n) is 6.40. The molecule has 2 aromatic carbocycles. The van der Waals surface area contributed by atoms with E-state index in [1.165, 1.54) is 4.90 Å². The first-order chi connectivity index (χ1) is 15.1. The van der Waals surface area contributed by atoms with Gasteiger partial charge in [0, 0.05) is 5.56 Å². The van der Waals surface area contributed by atoms with Crippen molar-refractivity contribution in [1.82, 2.24) is 0 Å². The topological polar surface area (TPSA) is 91.9 Å². The number of nitriles is 1. The van der Waals surface area contributed by atoms with Crippen LogP contribution in [-0.2, 0) is 14.3 Å². The van der Waals surface area contributed by atoms with Gasteiger partial charge < -0.3 is 4.74 Å². The van der Waals surface area contributed by atoms with Crippen molar-refractivity contribution < 1.29 is 24.0 Å². The summed E-state index contributed by atoms with van der Waals surface area (Å²) in [7, 11) is 0. The molecule has 5 rings (SSSR count). The van der Waals surface area contributed by atoms with Gasteiger partial charge in [0.25, 0.3) is 0 Å². The summed E-state index contributed by atoms with van der Waals surface area (Å²) in [5.41, 5.74) is 2.73. The molecule has 2 aromatic rings. The van der Waals surface area contributed by atoms with E-state index in [-0.39, 0.29) is 24.5 Å². The molecule has 3 aliphatic rings. The first-order valence-corrected chi connectivity index (χ1v) is 10.2. The number of nitrogens with zero attached hydrogens (tertiary/aromatic N) is 2. The minimum absolute atomic E-state index is 0.263. The molecule has 31 heavy (non-hydrogen) atoms. The van der Waals surface area contributed by atoms with Crippen molar-refractivity contribution in [3.63, 3.8) is 0 Å². The van der Waals surface area contributed by atoms with Crippen LogP contribution in [0.1, 0.15) is 34.5 Å². The van der Waals surface area contributed by atoms with Crippen LogP contribution in [0.4, 0.5) is 5.69 Å². The minimum Gasteiger partial charge on any atom is -0.462 e. The van der Waals surface area contributed by atoms with Gasteiger partial charge in [0.1, 0.15) is 23.9 Å². The highest BCUT2D eigenvalue weighted by Crippen LogP contribution is 2.44. The molecule has 1 N–H and O–H groups in total. The number of hydrogen-bond acceptors (Lipinski definition) is 5. The highest BCUT2D eigenvalue weighted by molar-refractivity contribution is 6.22. The maximum absolute atomic E-state index is 13.5. The minimum atomic E-state index is -0.710. The summed E-state index contributed by atoms with van der Waals surface area (Å²) in [6, 6.07) is 15.4. The van der Waals surface area contributed by atoms with Crippen molar-refractivity contribution in [2.45, 2.75) is 19.0 Å². The number of carbonyl (C=O) groups excluding carboxylic acids is 3. The molecular weight excluding hydrogens is 394 g/mol. The molecule has 0 radical (unpaired) electrons. The Labute approximate surface area is 179 Å². The second-order valence-electron chi connectivity index (χ2n) is 7.88. The molecule has 3 heterocycles. The van der Waals surface area contributed by atoms with Crippen molar-refractivity contribution in [3.05, 3.63) is 71.4 Å². The molecule has 0 aliphatic carbocycles. The van der Waals surface area contributed by atoms with Gasteiger partial charge in [0.05, 0.1) is 24.1 Å². The number of esters is 1. The van der Waals surface area contributed by atoms with E-state index in [0.29, 0.717) is 11.3 Å². The first kappa shape index (κ1) is 19.2. The lowest BCUT2D eigenvalue weighted by atomic mass is 9.85. The van der Waals surface area contributed by atoms with Crippen molar-refractivity contribution in [1.29, 1.82) is 5.26 Å². The molecule has 2 saturated heterocycles. The maximum Gasteiger partial charge on any atom is 0.338 e. The fraction of sp³-hybridized carbons (Fsp3) is 0.250. The van der Waals surface area contributed by atoms with E-state index in [1.54, 1.807) is 31.2 Å². The summed E-state index contributed by atoms with van der Waals surface area (Å²) >= 11 is 0. The van der Waals surface area contributed by atoms with E-state index in [1.807, 2.05) is 36.5 Å². The predicted octanol–water partition coefficient (Wildman–Crippen LogP) is 1.49. The third-order valence-corrected chi connectivity index (χ3v) is 6.40. The molecule has 0 aromatic heterocycles. The Bertz CT molecular complexity index is 1160. The summed E-state index contributed by atoms with van der Waals surface area (Å²) in [4.78, 5) is 40.8. The number of nitrogens with one attached hydrogen (secondary N) is 1. The van der Waals surface area contributed by atoms with Crippen LogP contribution in [0, 0.1) is 23.2 Å². The van der Waals surface area contributed by atoms with E-state index >= 15 is 0 Å². The molecule has 154 valence electrons. The van der Waals surface area contributed by atoms with Gasteiger partial charge in [-0.3, -0.25) is 14.5 Å². The van der Waals surface area contributed by atoms with E-state index in [9.17, 15) is 19.6 Å². The first-order valence-electron chi connectivity index (χ1n) is 10.2. The van der Waals surface area contributed by atoms with Gasteiger partial charge in [0.15, 0.2) is 6.04 Å². The second-order valence-corrected chi connectivity index (χ2v) is 7.88. The van der Waals surface area contributed by atoms with Gasteiger partial charge in [-0.15, -0.1) is 0 Å². The van der Waals surface area contributed by atoms with Crippen molar-refractivity contribution in [2.75, 3.05) is 11.5 Å². The van der Waals surface area contributed by atoms with Gasteiger partial charge in [-0.2, -0.15) is 5.26 Å². The second kappa shape index (κ2) is 7.18. The smallest absolute Gasteiger partial charge is 0.338 e. The quantitative estimate of drug-likeness (QED) is 0.607. The molecule has 0 spiro atoms. The summed E-state index contributed by atoms with van der Waals surface area (Å²) < 4.78 is 4.99. The maximum atomic E-state index is 13.5. The van der Waals surface area contributed by atoms with Gasteiger partial charge in [-0.1, -0.05) is 24.3 Å². The van der Waals surface area contributed by atoms with E-state index < -0.39 is 23.8 Å². The number of anilines is 1. The van der Waals surface area contributed by atoms with Crippen LogP contribution in [-0.4, -0.2) is 30.4 Å². The van der Waals surface area contributed by atoms with Gasteiger partial charge in [-0.05, 0) is 42.8 Å². The Balaban J connectivity index is 1.52. The van der Waals surface area contributed by atoms with Crippen LogP contribution in [0.2, 0.25) is 0 Å². The van der Waals surface area contributed by atoms with Gasteiger partial charge >= 0.3 is 5.97 Å². The Hall–Kier alpha value is -3.76. The molecule has 1 unspecified atom stereocenters. The molecular formula is C24H20N3O4+. The Morgan fingerprint density at radius 2 is 1.81 bits per heavy atom. The fourth-order valence-corrected chi connectivity index (χ4v) is 5.10. The molecule has 5 atom stereocenters. The normalized spacial score (nSPS) is 28.0. The predicted molar refractivity (Wildman–Crippen MR) is 110 cm³/mol. The summed E-state index contributed by atoms with van der Waals surface area (Å²) in [5, 5.41) is 9.87. The molecule has 3 aliphatic heterocycles. The van der Waals surface area contributed by atoms with E-state index in [4.69, 9.17) is 4.74 Å². The van der Waals surface area contributed by atoms with Crippen LogP contribution >= 0.6 is 0 Å².